The first-order valence-corrected chi connectivity index (χ1v) is 7.89. The molecular weight excluding hydrogens is 292 g/mol. The van der Waals surface area contributed by atoms with E-state index in [9.17, 15) is 20.4 Å². The van der Waals surface area contributed by atoms with Crippen molar-refractivity contribution < 1.29 is 35.7 Å². The maximum atomic E-state index is 9.79. The Hall–Kier alpha value is -0.280. The zero-order valence-corrected chi connectivity index (χ0v) is 13.5. The highest BCUT2D eigenvalue weighted by Crippen LogP contribution is 2.15. The van der Waals surface area contributed by atoms with Gasteiger partial charge in [0.15, 0.2) is 6.10 Å². The molecule has 6 atom stereocenters. The lowest BCUT2D eigenvalue weighted by Crippen LogP contribution is -2.29. The van der Waals surface area contributed by atoms with E-state index >= 15 is 0 Å². The second-order valence-electron chi connectivity index (χ2n) is 6.42. The van der Waals surface area contributed by atoms with Crippen molar-refractivity contribution in [2.75, 3.05) is 0 Å². The molecular formula is C15H33O7+. The van der Waals surface area contributed by atoms with Crippen LogP contribution in [0.25, 0.3) is 0 Å². The molecule has 0 radical (unpaired) electrons. The van der Waals surface area contributed by atoms with Gasteiger partial charge in [-0.2, -0.15) is 0 Å². The summed E-state index contributed by atoms with van der Waals surface area (Å²) in [6, 6.07) is 0. The van der Waals surface area contributed by atoms with E-state index in [-0.39, 0.29) is 38.5 Å². The zero-order chi connectivity index (χ0) is 17.3. The molecule has 22 heavy (non-hydrogen) atoms. The lowest BCUT2D eigenvalue weighted by Gasteiger charge is -2.20. The van der Waals surface area contributed by atoms with Crippen molar-refractivity contribution in [1.29, 1.82) is 0 Å². The van der Waals surface area contributed by atoms with Crippen molar-refractivity contribution in [3.05, 3.63) is 0 Å². The number of aliphatic hydroxyl groups is 6. The number of hydrogen-bond donors (Lipinski definition) is 6. The minimum absolute atomic E-state index is 0.0844. The van der Waals surface area contributed by atoms with Crippen LogP contribution in [0.5, 0.6) is 0 Å². The van der Waals surface area contributed by atoms with Crippen molar-refractivity contribution in [3.8, 4) is 0 Å². The molecule has 0 heterocycles. The summed E-state index contributed by atoms with van der Waals surface area (Å²) in [5, 5.41) is 64.9. The maximum Gasteiger partial charge on any atom is 0.158 e. The molecule has 7 nitrogen and oxygen atoms in total. The molecule has 134 valence electrons. The van der Waals surface area contributed by atoms with Crippen LogP contribution in [-0.4, -0.2) is 78.5 Å². The smallest absolute Gasteiger partial charge is 0.158 e. The van der Waals surface area contributed by atoms with Crippen molar-refractivity contribution in [1.82, 2.24) is 0 Å². The highest BCUT2D eigenvalue weighted by molar-refractivity contribution is 4.73. The fraction of sp³-hybridized carbons (Fsp3) is 1.00. The third-order valence-corrected chi connectivity index (χ3v) is 3.43. The number of rotatable bonds is 12. The molecule has 0 amide bonds. The Labute approximate surface area is 131 Å². The zero-order valence-electron chi connectivity index (χ0n) is 13.5. The summed E-state index contributed by atoms with van der Waals surface area (Å²) in [5.41, 5.74) is 0. The average Bonchev–Trinajstić information content (AvgIpc) is 2.23. The van der Waals surface area contributed by atoms with E-state index in [4.69, 9.17) is 15.3 Å². The van der Waals surface area contributed by atoms with E-state index in [2.05, 4.69) is 0 Å². The molecule has 0 aromatic heterocycles. The SMILES string of the molecule is CC(O)CC(O)CC(O)CC([OH2+])CC(O)CC(O)CC(C)O. The van der Waals surface area contributed by atoms with E-state index in [0.717, 1.165) is 0 Å². The molecule has 8 N–H and O–H groups in total. The largest absolute Gasteiger partial charge is 0.443 e. The average molecular weight is 325 g/mol. The fourth-order valence-electron chi connectivity index (χ4n) is 2.55. The van der Waals surface area contributed by atoms with Gasteiger partial charge in [-0.1, -0.05) is 0 Å². The second kappa shape index (κ2) is 11.3. The van der Waals surface area contributed by atoms with Crippen LogP contribution in [0.2, 0.25) is 0 Å². The van der Waals surface area contributed by atoms with Gasteiger partial charge in [0.25, 0.3) is 0 Å². The summed E-state index contributed by atoms with van der Waals surface area (Å²) in [6.45, 7) is 3.11. The summed E-state index contributed by atoms with van der Waals surface area (Å²) in [5.74, 6) is 0. The molecule has 0 aliphatic carbocycles. The first-order valence-electron chi connectivity index (χ1n) is 7.89. The molecule has 0 aliphatic rings. The third kappa shape index (κ3) is 12.3. The van der Waals surface area contributed by atoms with Gasteiger partial charge in [0, 0.05) is 12.8 Å². The lowest BCUT2D eigenvalue weighted by molar-refractivity contribution is -0.00371. The Bertz CT molecular complexity index is 247. The monoisotopic (exact) mass is 325 g/mol. The van der Waals surface area contributed by atoms with Crippen LogP contribution in [0.1, 0.15) is 52.4 Å². The van der Waals surface area contributed by atoms with Crippen LogP contribution < -0.4 is 0 Å². The Morgan fingerprint density at radius 3 is 1.09 bits per heavy atom. The molecule has 0 bridgehead atoms. The first kappa shape index (κ1) is 21.7. The molecule has 0 saturated heterocycles. The molecule has 0 fully saturated rings. The molecule has 0 aliphatic heterocycles. The van der Waals surface area contributed by atoms with E-state index in [1.807, 2.05) is 0 Å². The Morgan fingerprint density at radius 1 is 0.545 bits per heavy atom. The molecule has 0 spiro atoms. The quantitative estimate of drug-likeness (QED) is 0.244. The van der Waals surface area contributed by atoms with Gasteiger partial charge in [0.1, 0.15) is 0 Å². The van der Waals surface area contributed by atoms with Crippen LogP contribution >= 0.6 is 0 Å². The predicted molar refractivity (Wildman–Crippen MR) is 82.5 cm³/mol. The van der Waals surface area contributed by atoms with Crippen LogP contribution in [0.15, 0.2) is 0 Å². The minimum Gasteiger partial charge on any atom is -0.443 e. The van der Waals surface area contributed by atoms with Crippen molar-refractivity contribution in [3.63, 3.8) is 0 Å². The molecule has 0 rings (SSSR count). The minimum atomic E-state index is -0.870. The number of aliphatic hydroxyl groups excluding tert-OH is 6. The molecule has 0 saturated carbocycles. The van der Waals surface area contributed by atoms with Gasteiger partial charge in [-0.3, -0.25) is 0 Å². The second-order valence-corrected chi connectivity index (χ2v) is 6.42. The number of hydrogen-bond acceptors (Lipinski definition) is 6. The van der Waals surface area contributed by atoms with Gasteiger partial charge in [-0.15, -0.1) is 0 Å². The highest BCUT2D eigenvalue weighted by Gasteiger charge is 2.23. The van der Waals surface area contributed by atoms with Gasteiger partial charge in [0.05, 0.1) is 36.6 Å². The summed E-state index contributed by atoms with van der Waals surface area (Å²) in [4.78, 5) is 0. The molecule has 6 unspecified atom stereocenters. The van der Waals surface area contributed by atoms with Crippen LogP contribution in [0.3, 0.4) is 0 Å². The normalized spacial score (nSPS) is 21.7. The fourth-order valence-corrected chi connectivity index (χ4v) is 2.55. The van der Waals surface area contributed by atoms with Crippen LogP contribution in [0.4, 0.5) is 0 Å². The molecule has 0 aromatic carbocycles. The summed E-state index contributed by atoms with van der Waals surface area (Å²) in [6.07, 6.45) is -4.64. The van der Waals surface area contributed by atoms with Gasteiger partial charge >= 0.3 is 0 Å². The lowest BCUT2D eigenvalue weighted by atomic mass is 9.97. The summed E-state index contributed by atoms with van der Waals surface area (Å²) < 4.78 is 0. The standard InChI is InChI=1S/C15H32O7/c1-9(16)3-11(18)5-13(20)7-15(22)8-14(21)6-12(19)4-10(2)17/h9-22H,3-8H2,1-2H3/p+1. The van der Waals surface area contributed by atoms with Crippen molar-refractivity contribution in [2.24, 2.45) is 0 Å². The summed E-state index contributed by atoms with van der Waals surface area (Å²) in [7, 11) is 0. The van der Waals surface area contributed by atoms with Gasteiger partial charge in [0.2, 0.25) is 0 Å². The first-order chi connectivity index (χ1) is 10.1. The third-order valence-electron chi connectivity index (χ3n) is 3.43. The van der Waals surface area contributed by atoms with E-state index in [1.54, 1.807) is 13.8 Å². The maximum absolute atomic E-state index is 9.79. The van der Waals surface area contributed by atoms with E-state index < -0.39 is 42.7 Å². The van der Waals surface area contributed by atoms with Gasteiger partial charge in [-0.05, 0) is 39.5 Å². The Balaban J connectivity index is 3.98. The molecule has 0 aromatic rings. The van der Waals surface area contributed by atoms with Gasteiger partial charge < -0.3 is 35.7 Å². The van der Waals surface area contributed by atoms with Crippen LogP contribution in [-0.2, 0) is 0 Å². The van der Waals surface area contributed by atoms with E-state index in [0.29, 0.717) is 0 Å². The van der Waals surface area contributed by atoms with Gasteiger partial charge in [-0.25, -0.2) is 0 Å². The Morgan fingerprint density at radius 2 is 0.818 bits per heavy atom. The van der Waals surface area contributed by atoms with Crippen molar-refractivity contribution >= 4 is 0 Å². The Kier molecular flexibility index (Phi) is 11.1. The molecule has 7 heteroatoms. The highest BCUT2D eigenvalue weighted by atomic mass is 16.3. The van der Waals surface area contributed by atoms with Crippen LogP contribution in [0, 0.1) is 0 Å². The predicted octanol–water partition coefficient (Wildman–Crippen LogP) is -1.37. The summed E-state index contributed by atoms with van der Waals surface area (Å²) >= 11 is 0. The topological polar surface area (TPSA) is 144 Å². The van der Waals surface area contributed by atoms with E-state index in [1.165, 1.54) is 0 Å². The van der Waals surface area contributed by atoms with Crippen molar-refractivity contribution in [2.45, 2.75) is 95.1 Å².